The molecule has 0 aliphatic rings. The van der Waals surface area contributed by atoms with Gasteiger partial charge in [0.2, 0.25) is 0 Å². The first-order valence-corrected chi connectivity index (χ1v) is 6.65. The fourth-order valence-corrected chi connectivity index (χ4v) is 2.20. The Kier molecular flexibility index (Phi) is 8.73. The molecule has 3 unspecified atom stereocenters. The van der Waals surface area contributed by atoms with Crippen molar-refractivity contribution in [2.75, 3.05) is 12.3 Å². The molecule has 0 aromatic rings. The molecule has 0 aromatic carbocycles. The van der Waals surface area contributed by atoms with Crippen LogP contribution in [0, 0.1) is 0 Å². The van der Waals surface area contributed by atoms with E-state index in [1.165, 1.54) is 12.8 Å². The summed E-state index contributed by atoms with van der Waals surface area (Å²) in [6.45, 7) is 9.46. The van der Waals surface area contributed by atoms with E-state index in [0.717, 1.165) is 12.3 Å². The first kappa shape index (κ1) is 14.3. The molecule has 0 amide bonds. The largest absolute Gasteiger partial charge is 0.392 e. The number of nitrogens with one attached hydrogen (secondary N) is 1. The molecule has 86 valence electrons. The van der Waals surface area contributed by atoms with E-state index in [4.69, 9.17) is 0 Å². The fraction of sp³-hybridized carbons (Fsp3) is 1.00. The molecule has 0 rings (SSSR count). The molecule has 14 heavy (non-hydrogen) atoms. The standard InChI is InChI=1S/C11H25NOS/c1-5-7-12-9(2)6-8-14-11(4)10(3)13/h9-13H,5-8H2,1-4H3. The van der Waals surface area contributed by atoms with Crippen LogP contribution in [0.15, 0.2) is 0 Å². The van der Waals surface area contributed by atoms with Crippen molar-refractivity contribution < 1.29 is 5.11 Å². The molecule has 0 spiro atoms. The lowest BCUT2D eigenvalue weighted by molar-refractivity contribution is 0.196. The Balaban J connectivity index is 3.34. The second-order valence-corrected chi connectivity index (χ2v) is 5.45. The summed E-state index contributed by atoms with van der Waals surface area (Å²) in [6, 6.07) is 0.601. The van der Waals surface area contributed by atoms with Gasteiger partial charge in [0.1, 0.15) is 0 Å². The maximum Gasteiger partial charge on any atom is 0.0627 e. The zero-order valence-electron chi connectivity index (χ0n) is 9.92. The fourth-order valence-electron chi connectivity index (χ4n) is 1.06. The number of aliphatic hydroxyl groups is 1. The van der Waals surface area contributed by atoms with Crippen LogP contribution < -0.4 is 5.32 Å². The van der Waals surface area contributed by atoms with Crippen LogP contribution in [0.3, 0.4) is 0 Å². The maximum atomic E-state index is 9.29. The zero-order chi connectivity index (χ0) is 11.0. The molecule has 0 saturated heterocycles. The highest BCUT2D eigenvalue weighted by atomic mass is 32.2. The van der Waals surface area contributed by atoms with Gasteiger partial charge in [0.05, 0.1) is 6.10 Å². The van der Waals surface area contributed by atoms with Crippen LogP contribution in [0.2, 0.25) is 0 Å². The van der Waals surface area contributed by atoms with Crippen LogP contribution in [0.5, 0.6) is 0 Å². The molecule has 0 heterocycles. The van der Waals surface area contributed by atoms with Crippen molar-refractivity contribution in [1.82, 2.24) is 5.32 Å². The Labute approximate surface area is 92.9 Å². The second-order valence-electron chi connectivity index (χ2n) is 3.96. The highest BCUT2D eigenvalue weighted by Crippen LogP contribution is 2.15. The van der Waals surface area contributed by atoms with E-state index in [1.807, 2.05) is 18.7 Å². The molecule has 2 N–H and O–H groups in total. The van der Waals surface area contributed by atoms with Crippen molar-refractivity contribution in [3.8, 4) is 0 Å². The van der Waals surface area contributed by atoms with Gasteiger partial charge in [0.25, 0.3) is 0 Å². The lowest BCUT2D eigenvalue weighted by Crippen LogP contribution is -2.27. The first-order valence-electron chi connectivity index (χ1n) is 5.61. The molecule has 0 aliphatic carbocycles. The molecule has 0 bridgehead atoms. The number of hydrogen-bond donors (Lipinski definition) is 2. The third-order valence-corrected chi connectivity index (χ3v) is 3.74. The number of thioether (sulfide) groups is 1. The topological polar surface area (TPSA) is 32.3 Å². The SMILES string of the molecule is CCCNC(C)CCSC(C)C(C)O. The van der Waals surface area contributed by atoms with Crippen LogP contribution in [-0.2, 0) is 0 Å². The van der Waals surface area contributed by atoms with Crippen molar-refractivity contribution >= 4 is 11.8 Å². The summed E-state index contributed by atoms with van der Waals surface area (Å²) in [5, 5.41) is 13.1. The summed E-state index contributed by atoms with van der Waals surface area (Å²) < 4.78 is 0. The van der Waals surface area contributed by atoms with E-state index in [9.17, 15) is 5.11 Å². The molecule has 0 radical (unpaired) electrons. The summed E-state index contributed by atoms with van der Waals surface area (Å²) >= 11 is 1.86. The minimum absolute atomic E-state index is 0.195. The summed E-state index contributed by atoms with van der Waals surface area (Å²) in [6.07, 6.45) is 2.18. The average Bonchev–Trinajstić information content (AvgIpc) is 2.14. The Bertz CT molecular complexity index is 130. The van der Waals surface area contributed by atoms with Gasteiger partial charge in [-0.2, -0.15) is 11.8 Å². The Morgan fingerprint density at radius 2 is 1.93 bits per heavy atom. The normalized spacial score (nSPS) is 17.8. The van der Waals surface area contributed by atoms with Crippen LogP contribution in [-0.4, -0.2) is 34.8 Å². The lowest BCUT2D eigenvalue weighted by Gasteiger charge is -2.16. The van der Waals surface area contributed by atoms with Crippen LogP contribution in [0.4, 0.5) is 0 Å². The van der Waals surface area contributed by atoms with E-state index in [1.54, 1.807) is 0 Å². The van der Waals surface area contributed by atoms with Gasteiger partial charge in [-0.1, -0.05) is 13.8 Å². The predicted molar refractivity (Wildman–Crippen MR) is 66.0 cm³/mol. The molecule has 2 nitrogen and oxygen atoms in total. The first-order chi connectivity index (χ1) is 6.57. The smallest absolute Gasteiger partial charge is 0.0627 e. The third-order valence-electron chi connectivity index (χ3n) is 2.35. The molecule has 0 saturated carbocycles. The van der Waals surface area contributed by atoms with Gasteiger partial charge in [0.15, 0.2) is 0 Å². The average molecular weight is 219 g/mol. The van der Waals surface area contributed by atoms with Crippen LogP contribution in [0.1, 0.15) is 40.5 Å². The highest BCUT2D eigenvalue weighted by molar-refractivity contribution is 7.99. The Morgan fingerprint density at radius 1 is 1.29 bits per heavy atom. The van der Waals surface area contributed by atoms with E-state index < -0.39 is 0 Å². The van der Waals surface area contributed by atoms with Gasteiger partial charge >= 0.3 is 0 Å². The predicted octanol–water partition coefficient (Wildman–Crippen LogP) is 2.27. The minimum atomic E-state index is -0.195. The maximum absolute atomic E-state index is 9.29. The summed E-state index contributed by atoms with van der Waals surface area (Å²) in [7, 11) is 0. The van der Waals surface area contributed by atoms with E-state index in [0.29, 0.717) is 11.3 Å². The van der Waals surface area contributed by atoms with E-state index in [2.05, 4.69) is 26.1 Å². The van der Waals surface area contributed by atoms with Crippen LogP contribution in [0.25, 0.3) is 0 Å². The third kappa shape index (κ3) is 7.65. The van der Waals surface area contributed by atoms with Crippen molar-refractivity contribution in [3.63, 3.8) is 0 Å². The van der Waals surface area contributed by atoms with Crippen molar-refractivity contribution in [2.45, 2.75) is 57.9 Å². The van der Waals surface area contributed by atoms with Crippen LogP contribution >= 0.6 is 11.8 Å². The van der Waals surface area contributed by atoms with Gasteiger partial charge < -0.3 is 10.4 Å². The molecule has 3 heteroatoms. The van der Waals surface area contributed by atoms with E-state index in [-0.39, 0.29) is 6.10 Å². The van der Waals surface area contributed by atoms with Crippen molar-refractivity contribution in [3.05, 3.63) is 0 Å². The molecule has 0 aliphatic heterocycles. The van der Waals surface area contributed by atoms with Gasteiger partial charge in [-0.05, 0) is 39.0 Å². The number of rotatable bonds is 8. The molecule has 3 atom stereocenters. The monoisotopic (exact) mass is 219 g/mol. The summed E-state index contributed by atoms with van der Waals surface area (Å²) in [5.74, 6) is 1.13. The Hall–Kier alpha value is 0.270. The minimum Gasteiger partial charge on any atom is -0.392 e. The lowest BCUT2D eigenvalue weighted by atomic mass is 10.2. The van der Waals surface area contributed by atoms with Gasteiger partial charge in [-0.15, -0.1) is 0 Å². The Morgan fingerprint density at radius 3 is 2.43 bits per heavy atom. The van der Waals surface area contributed by atoms with Gasteiger partial charge in [0, 0.05) is 11.3 Å². The molecular weight excluding hydrogens is 194 g/mol. The van der Waals surface area contributed by atoms with Crippen molar-refractivity contribution in [1.29, 1.82) is 0 Å². The number of aliphatic hydroxyl groups excluding tert-OH is 1. The van der Waals surface area contributed by atoms with Crippen molar-refractivity contribution in [2.24, 2.45) is 0 Å². The zero-order valence-corrected chi connectivity index (χ0v) is 10.7. The summed E-state index contributed by atoms with van der Waals surface area (Å²) in [4.78, 5) is 0. The molecule has 0 aromatic heterocycles. The molecule has 0 fully saturated rings. The second kappa shape index (κ2) is 8.57. The molecular formula is C11H25NOS. The summed E-state index contributed by atoms with van der Waals surface area (Å²) in [5.41, 5.74) is 0. The highest BCUT2D eigenvalue weighted by Gasteiger charge is 2.09. The van der Waals surface area contributed by atoms with Gasteiger partial charge in [-0.25, -0.2) is 0 Å². The van der Waals surface area contributed by atoms with Gasteiger partial charge in [-0.3, -0.25) is 0 Å². The number of hydrogen-bond acceptors (Lipinski definition) is 3. The van der Waals surface area contributed by atoms with E-state index >= 15 is 0 Å². The quantitative estimate of drug-likeness (QED) is 0.657.